The van der Waals surface area contributed by atoms with Gasteiger partial charge in [-0.05, 0) is 37.1 Å². The summed E-state index contributed by atoms with van der Waals surface area (Å²) >= 11 is 0. The number of carbonyl (C=O) groups is 1. The molecule has 0 aromatic heterocycles. The van der Waals surface area contributed by atoms with Crippen molar-refractivity contribution in [1.29, 1.82) is 5.53 Å². The van der Waals surface area contributed by atoms with Crippen LogP contribution in [0.15, 0.2) is 60.7 Å². The number of hydrogen-bond acceptors (Lipinski definition) is 4. The molecule has 132 valence electrons. The number of carbonyl (C=O) groups excluding carboxylic acids is 1. The number of esters is 1. The van der Waals surface area contributed by atoms with Crippen LogP contribution in [0.3, 0.4) is 0 Å². The molecule has 0 amide bonds. The molecular weight excluding hydrogens is 326 g/mol. The van der Waals surface area contributed by atoms with Crippen molar-refractivity contribution in [2.45, 2.75) is 30.9 Å². The Hall–Kier alpha value is -2.75. The Morgan fingerprint density at radius 3 is 2.42 bits per heavy atom. The minimum atomic E-state index is -0.649. The molecule has 2 aliphatic heterocycles. The predicted octanol–water partition coefficient (Wildman–Crippen LogP) is 3.02. The van der Waals surface area contributed by atoms with Crippen molar-refractivity contribution < 1.29 is 14.3 Å². The van der Waals surface area contributed by atoms with Crippen LogP contribution in [-0.4, -0.2) is 40.5 Å². The highest BCUT2D eigenvalue weighted by Gasteiger charge is 2.58. The first-order chi connectivity index (χ1) is 12.7. The van der Waals surface area contributed by atoms with Crippen molar-refractivity contribution in [3.05, 3.63) is 71.8 Å². The molecule has 0 aliphatic carbocycles. The summed E-state index contributed by atoms with van der Waals surface area (Å²) in [5, 5.41) is 0. The van der Waals surface area contributed by atoms with Gasteiger partial charge in [-0.3, -0.25) is 4.90 Å². The van der Waals surface area contributed by atoms with Crippen molar-refractivity contribution in [3.63, 3.8) is 0 Å². The Balaban J connectivity index is 1.66. The molecule has 0 bridgehead atoms. The second-order valence-electron chi connectivity index (χ2n) is 6.95. The molecule has 4 rings (SSSR count). The molecule has 5 nitrogen and oxygen atoms in total. The standard InChI is InChI=1S/C21H22N3O2/c22-23-19(16-9-3-1-4-10-16)20(25)26-21(17-11-5-2-6-12-17)15-24-14-8-7-13-18(21)24/h1-6,9-12,18,22H,7-8,13-15H2/q+1/t18-,21+/m1/s1. The smallest absolute Gasteiger partial charge is 0.442 e. The van der Waals surface area contributed by atoms with E-state index in [4.69, 9.17) is 10.3 Å². The third-order valence-electron chi connectivity index (χ3n) is 5.48. The minimum absolute atomic E-state index is 0.0511. The number of rotatable bonds is 4. The second-order valence-corrected chi connectivity index (χ2v) is 6.95. The van der Waals surface area contributed by atoms with E-state index in [1.54, 1.807) is 12.1 Å². The summed E-state index contributed by atoms with van der Waals surface area (Å²) in [5.74, 6) is -0.528. The van der Waals surface area contributed by atoms with Crippen LogP contribution in [0.1, 0.15) is 30.4 Å². The van der Waals surface area contributed by atoms with Gasteiger partial charge >= 0.3 is 11.7 Å². The lowest BCUT2D eigenvalue weighted by atomic mass is 9.73. The van der Waals surface area contributed by atoms with Crippen LogP contribution in [0, 0.1) is 5.53 Å². The fraction of sp³-hybridized carbons (Fsp3) is 0.333. The van der Waals surface area contributed by atoms with Crippen LogP contribution in [0.2, 0.25) is 0 Å². The van der Waals surface area contributed by atoms with E-state index in [2.05, 4.69) is 9.69 Å². The molecule has 0 radical (unpaired) electrons. The van der Waals surface area contributed by atoms with Crippen molar-refractivity contribution in [2.75, 3.05) is 13.1 Å². The number of ether oxygens (including phenoxy) is 1. The van der Waals surface area contributed by atoms with E-state index < -0.39 is 11.6 Å². The van der Waals surface area contributed by atoms with Gasteiger partial charge in [0, 0.05) is 6.54 Å². The minimum Gasteiger partial charge on any atom is -0.442 e. The van der Waals surface area contributed by atoms with Gasteiger partial charge in [-0.25, -0.2) is 4.79 Å². The first kappa shape index (κ1) is 16.7. The molecule has 2 aromatic carbocycles. The molecule has 2 aliphatic rings. The molecule has 0 spiro atoms. The monoisotopic (exact) mass is 348 g/mol. The van der Waals surface area contributed by atoms with E-state index in [9.17, 15) is 4.79 Å². The van der Waals surface area contributed by atoms with Gasteiger partial charge in [0.25, 0.3) is 0 Å². The topological polar surface area (TPSA) is 67.5 Å². The fourth-order valence-electron chi connectivity index (χ4n) is 4.20. The normalized spacial score (nSPS) is 24.7. The van der Waals surface area contributed by atoms with Gasteiger partial charge in [0.15, 0.2) is 5.60 Å². The van der Waals surface area contributed by atoms with Gasteiger partial charge in [-0.2, -0.15) is 0 Å². The average molecular weight is 348 g/mol. The Bertz CT molecular complexity index is 846. The number of benzene rings is 2. The van der Waals surface area contributed by atoms with Crippen molar-refractivity contribution >= 4 is 11.7 Å². The number of fused-ring (bicyclic) bond motifs is 1. The summed E-state index contributed by atoms with van der Waals surface area (Å²) in [6.45, 7) is 1.75. The highest BCUT2D eigenvalue weighted by Crippen LogP contribution is 2.46. The molecule has 1 N–H and O–H groups in total. The Labute approximate surface area is 152 Å². The highest BCUT2D eigenvalue weighted by molar-refractivity contribution is 6.40. The molecule has 2 aromatic rings. The van der Waals surface area contributed by atoms with Crippen LogP contribution < -0.4 is 0 Å². The Kier molecular flexibility index (Phi) is 4.41. The SMILES string of the molecule is N=[N+]=C(C(=O)O[C@]1(c2ccccc2)CN2CCCC[C@@H]21)c1ccccc1. The third-order valence-corrected chi connectivity index (χ3v) is 5.48. The quantitative estimate of drug-likeness (QED) is 0.400. The van der Waals surface area contributed by atoms with E-state index in [0.717, 1.165) is 24.9 Å². The van der Waals surface area contributed by atoms with Gasteiger partial charge in [-0.15, -0.1) is 0 Å². The van der Waals surface area contributed by atoms with Crippen LogP contribution in [0.4, 0.5) is 0 Å². The Morgan fingerprint density at radius 2 is 1.77 bits per heavy atom. The van der Waals surface area contributed by atoms with Crippen LogP contribution in [0.25, 0.3) is 0 Å². The molecule has 2 saturated heterocycles. The zero-order chi connectivity index (χ0) is 18.0. The maximum atomic E-state index is 12.9. The first-order valence-electron chi connectivity index (χ1n) is 9.07. The molecule has 0 saturated carbocycles. The lowest BCUT2D eigenvalue weighted by Crippen LogP contribution is -2.70. The van der Waals surface area contributed by atoms with E-state index in [-0.39, 0.29) is 11.8 Å². The van der Waals surface area contributed by atoms with Gasteiger partial charge < -0.3 is 4.74 Å². The number of nitrogens with zero attached hydrogens (tertiary/aromatic N) is 2. The van der Waals surface area contributed by atoms with E-state index in [1.807, 2.05) is 48.5 Å². The zero-order valence-corrected chi connectivity index (χ0v) is 14.6. The Morgan fingerprint density at radius 1 is 1.08 bits per heavy atom. The summed E-state index contributed by atoms with van der Waals surface area (Å²) in [5.41, 5.74) is 8.51. The molecule has 5 heteroatoms. The molecule has 2 heterocycles. The number of piperidine rings is 1. The number of nitrogens with one attached hydrogen (secondary N) is 1. The summed E-state index contributed by atoms with van der Waals surface area (Å²) in [4.78, 5) is 18.8. The maximum Gasteiger partial charge on any atom is 0.455 e. The summed E-state index contributed by atoms with van der Waals surface area (Å²) in [6, 6.07) is 19.3. The van der Waals surface area contributed by atoms with Crippen LogP contribution >= 0.6 is 0 Å². The summed E-state index contributed by atoms with van der Waals surface area (Å²) in [6.07, 6.45) is 3.35. The lowest BCUT2D eigenvalue weighted by Gasteiger charge is -2.58. The fourth-order valence-corrected chi connectivity index (χ4v) is 4.20. The third kappa shape index (κ3) is 2.75. The van der Waals surface area contributed by atoms with Gasteiger partial charge in [0.1, 0.15) is 0 Å². The second kappa shape index (κ2) is 6.87. The molecule has 26 heavy (non-hydrogen) atoms. The molecular formula is C21H22N3O2+. The maximum absolute atomic E-state index is 12.9. The lowest BCUT2D eigenvalue weighted by molar-refractivity contribution is -0.210. The first-order valence-corrected chi connectivity index (χ1v) is 9.07. The van der Waals surface area contributed by atoms with Gasteiger partial charge in [0.05, 0.1) is 21.9 Å². The van der Waals surface area contributed by atoms with Crippen LogP contribution in [-0.2, 0) is 15.1 Å². The van der Waals surface area contributed by atoms with Crippen molar-refractivity contribution in [1.82, 2.24) is 4.90 Å². The summed E-state index contributed by atoms with van der Waals surface area (Å²) in [7, 11) is 0. The van der Waals surface area contributed by atoms with Crippen molar-refractivity contribution in [3.8, 4) is 0 Å². The van der Waals surface area contributed by atoms with E-state index in [0.29, 0.717) is 12.1 Å². The molecule has 2 atom stereocenters. The van der Waals surface area contributed by atoms with Gasteiger partial charge in [-0.1, -0.05) is 55.0 Å². The average Bonchev–Trinajstić information content (AvgIpc) is 2.68. The zero-order valence-electron chi connectivity index (χ0n) is 14.6. The predicted molar refractivity (Wildman–Crippen MR) is 97.0 cm³/mol. The number of hydrogen-bond donors (Lipinski definition) is 1. The molecule has 2 fully saturated rings. The van der Waals surface area contributed by atoms with Gasteiger partial charge in [0.2, 0.25) is 0 Å². The van der Waals surface area contributed by atoms with Crippen LogP contribution in [0.5, 0.6) is 0 Å². The highest BCUT2D eigenvalue weighted by atomic mass is 16.6. The largest absolute Gasteiger partial charge is 0.455 e. The van der Waals surface area contributed by atoms with Crippen molar-refractivity contribution in [2.24, 2.45) is 0 Å². The molecule has 0 unspecified atom stereocenters. The van der Waals surface area contributed by atoms with E-state index in [1.165, 1.54) is 6.42 Å². The van der Waals surface area contributed by atoms with E-state index >= 15 is 0 Å². The summed E-state index contributed by atoms with van der Waals surface area (Å²) < 4.78 is 6.11.